The summed E-state index contributed by atoms with van der Waals surface area (Å²) >= 11 is 3.65. The molecule has 0 unspecified atom stereocenters. The van der Waals surface area contributed by atoms with Gasteiger partial charge in [-0.1, -0.05) is 35.6 Å². The van der Waals surface area contributed by atoms with E-state index in [1.807, 2.05) is 49.4 Å². The smallest absolute Gasteiger partial charge is 0.258 e. The van der Waals surface area contributed by atoms with Crippen LogP contribution >= 0.6 is 33.9 Å². The van der Waals surface area contributed by atoms with Gasteiger partial charge >= 0.3 is 0 Å². The van der Waals surface area contributed by atoms with Gasteiger partial charge in [-0.05, 0) is 53.3 Å². The van der Waals surface area contributed by atoms with Crippen LogP contribution in [0.2, 0.25) is 0 Å². The third-order valence-corrected chi connectivity index (χ3v) is 4.84. The Hall–Kier alpha value is -1.47. The molecule has 1 aromatic heterocycles. The van der Waals surface area contributed by atoms with Gasteiger partial charge in [0.25, 0.3) is 5.91 Å². The number of nitrogens with zero attached hydrogens (tertiary/aromatic N) is 1. The number of rotatable bonds is 2. The second-order valence-electron chi connectivity index (χ2n) is 4.37. The summed E-state index contributed by atoms with van der Waals surface area (Å²) in [6, 6.07) is 13.5. The number of halogens is 1. The van der Waals surface area contributed by atoms with Gasteiger partial charge in [-0.2, -0.15) is 0 Å². The number of aromatic nitrogens is 1. The molecule has 3 aromatic rings. The third kappa shape index (κ3) is 2.55. The number of nitrogens with one attached hydrogen (secondary N) is 1. The average molecular weight is 394 g/mol. The van der Waals surface area contributed by atoms with Crippen molar-refractivity contribution in [1.82, 2.24) is 4.98 Å². The maximum atomic E-state index is 12.2. The molecule has 1 N–H and O–H groups in total. The lowest BCUT2D eigenvalue weighted by Crippen LogP contribution is -2.12. The predicted molar refractivity (Wildman–Crippen MR) is 91.5 cm³/mol. The Kier molecular flexibility index (Phi) is 3.71. The summed E-state index contributed by atoms with van der Waals surface area (Å²) < 4.78 is 2.02. The number of anilines is 1. The zero-order chi connectivity index (χ0) is 14.1. The number of hydrogen-bond acceptors (Lipinski definition) is 3. The van der Waals surface area contributed by atoms with Crippen molar-refractivity contribution in [3.05, 3.63) is 57.2 Å². The number of benzene rings is 2. The molecule has 2 aromatic carbocycles. The number of carbonyl (C=O) groups excluding carboxylic acids is 1. The standard InChI is InChI=1S/C15H11IN2OS/c1-9-5-4-8-12-13(9)17-15(20-12)18-14(19)10-6-2-3-7-11(10)16/h2-8H,1H3,(H,17,18,19). The molecule has 0 saturated heterocycles. The van der Waals surface area contributed by atoms with Gasteiger partial charge in [-0.25, -0.2) is 4.98 Å². The highest BCUT2D eigenvalue weighted by atomic mass is 127. The number of carbonyl (C=O) groups is 1. The van der Waals surface area contributed by atoms with E-state index in [1.54, 1.807) is 0 Å². The first-order chi connectivity index (χ1) is 9.65. The summed E-state index contributed by atoms with van der Waals surface area (Å²) in [4.78, 5) is 16.7. The van der Waals surface area contributed by atoms with Gasteiger partial charge in [0.2, 0.25) is 0 Å². The summed E-state index contributed by atoms with van der Waals surface area (Å²) in [5.74, 6) is -0.119. The minimum absolute atomic E-state index is 0.119. The molecular weight excluding hydrogens is 383 g/mol. The molecule has 1 amide bonds. The average Bonchev–Trinajstić information content (AvgIpc) is 2.83. The molecule has 5 heteroatoms. The Balaban J connectivity index is 1.92. The zero-order valence-electron chi connectivity index (χ0n) is 10.7. The largest absolute Gasteiger partial charge is 0.298 e. The van der Waals surface area contributed by atoms with Crippen LogP contribution in [0.15, 0.2) is 42.5 Å². The SMILES string of the molecule is Cc1cccc2sc(NC(=O)c3ccccc3I)nc12. The van der Waals surface area contributed by atoms with Crippen LogP contribution in [0.4, 0.5) is 5.13 Å². The topological polar surface area (TPSA) is 42.0 Å². The van der Waals surface area contributed by atoms with E-state index >= 15 is 0 Å². The van der Waals surface area contributed by atoms with Crippen LogP contribution in [0, 0.1) is 10.5 Å². The van der Waals surface area contributed by atoms with Crippen molar-refractivity contribution in [1.29, 1.82) is 0 Å². The van der Waals surface area contributed by atoms with E-state index in [4.69, 9.17) is 0 Å². The fraction of sp³-hybridized carbons (Fsp3) is 0.0667. The van der Waals surface area contributed by atoms with Crippen LogP contribution < -0.4 is 5.32 Å². The minimum Gasteiger partial charge on any atom is -0.298 e. The van der Waals surface area contributed by atoms with Crippen LogP contribution in [0.5, 0.6) is 0 Å². The maximum Gasteiger partial charge on any atom is 0.258 e. The van der Waals surface area contributed by atoms with Gasteiger partial charge in [0.1, 0.15) is 0 Å². The third-order valence-electron chi connectivity index (χ3n) is 2.96. The number of fused-ring (bicyclic) bond motifs is 1. The molecule has 20 heavy (non-hydrogen) atoms. The molecule has 0 saturated carbocycles. The van der Waals surface area contributed by atoms with Crippen molar-refractivity contribution in [3.8, 4) is 0 Å². The molecular formula is C15H11IN2OS. The second kappa shape index (κ2) is 5.49. The van der Waals surface area contributed by atoms with E-state index < -0.39 is 0 Å². The van der Waals surface area contributed by atoms with Crippen molar-refractivity contribution >= 4 is 55.2 Å². The lowest BCUT2D eigenvalue weighted by Gasteiger charge is -2.03. The van der Waals surface area contributed by atoms with E-state index in [2.05, 4.69) is 32.9 Å². The molecule has 0 aliphatic rings. The lowest BCUT2D eigenvalue weighted by atomic mass is 10.2. The fourth-order valence-electron chi connectivity index (χ4n) is 1.95. The summed E-state index contributed by atoms with van der Waals surface area (Å²) in [6.07, 6.45) is 0. The van der Waals surface area contributed by atoms with Gasteiger partial charge in [0, 0.05) is 3.57 Å². The van der Waals surface area contributed by atoms with Crippen molar-refractivity contribution in [2.45, 2.75) is 6.92 Å². The highest BCUT2D eigenvalue weighted by Crippen LogP contribution is 2.28. The van der Waals surface area contributed by atoms with Crippen molar-refractivity contribution in [2.75, 3.05) is 5.32 Å². The van der Waals surface area contributed by atoms with E-state index in [9.17, 15) is 4.79 Å². The first-order valence-electron chi connectivity index (χ1n) is 6.07. The first kappa shape index (κ1) is 13.5. The zero-order valence-corrected chi connectivity index (χ0v) is 13.7. The van der Waals surface area contributed by atoms with Crippen LogP contribution in [0.3, 0.4) is 0 Å². The van der Waals surface area contributed by atoms with Crippen molar-refractivity contribution < 1.29 is 4.79 Å². The number of amides is 1. The molecule has 0 fully saturated rings. The number of aryl methyl sites for hydroxylation is 1. The van der Waals surface area contributed by atoms with Gasteiger partial charge in [-0.3, -0.25) is 10.1 Å². The number of para-hydroxylation sites is 1. The highest BCUT2D eigenvalue weighted by molar-refractivity contribution is 14.1. The Morgan fingerprint density at radius 1 is 1.20 bits per heavy atom. The van der Waals surface area contributed by atoms with E-state index in [0.717, 1.165) is 19.4 Å². The van der Waals surface area contributed by atoms with Gasteiger partial charge in [0.05, 0.1) is 15.8 Å². The molecule has 3 rings (SSSR count). The predicted octanol–water partition coefficient (Wildman–Crippen LogP) is 4.46. The van der Waals surface area contributed by atoms with E-state index in [1.165, 1.54) is 11.3 Å². The van der Waals surface area contributed by atoms with Gasteiger partial charge in [0.15, 0.2) is 5.13 Å². The van der Waals surface area contributed by atoms with Crippen LogP contribution in [0.1, 0.15) is 15.9 Å². The highest BCUT2D eigenvalue weighted by Gasteiger charge is 2.12. The molecule has 0 bridgehead atoms. The molecule has 0 atom stereocenters. The Bertz CT molecular complexity index is 797. The van der Waals surface area contributed by atoms with Crippen LogP contribution in [-0.2, 0) is 0 Å². The molecule has 0 aliphatic carbocycles. The molecule has 0 aliphatic heterocycles. The molecule has 0 spiro atoms. The first-order valence-corrected chi connectivity index (χ1v) is 7.97. The van der Waals surface area contributed by atoms with E-state index in [-0.39, 0.29) is 5.91 Å². The Labute approximate surface area is 134 Å². The summed E-state index contributed by atoms with van der Waals surface area (Å²) in [5.41, 5.74) is 2.74. The molecule has 3 nitrogen and oxygen atoms in total. The number of thiazole rings is 1. The lowest BCUT2D eigenvalue weighted by molar-refractivity contribution is 0.102. The normalized spacial score (nSPS) is 10.7. The van der Waals surface area contributed by atoms with Crippen molar-refractivity contribution in [2.24, 2.45) is 0 Å². The van der Waals surface area contributed by atoms with Gasteiger partial charge < -0.3 is 0 Å². The summed E-state index contributed by atoms with van der Waals surface area (Å²) in [5, 5.41) is 3.52. The molecule has 100 valence electrons. The molecule has 0 radical (unpaired) electrons. The second-order valence-corrected chi connectivity index (χ2v) is 6.57. The van der Waals surface area contributed by atoms with Crippen molar-refractivity contribution in [3.63, 3.8) is 0 Å². The summed E-state index contributed by atoms with van der Waals surface area (Å²) in [7, 11) is 0. The fourth-order valence-corrected chi connectivity index (χ4v) is 3.52. The molecule has 1 heterocycles. The van der Waals surface area contributed by atoms with Crippen LogP contribution in [0.25, 0.3) is 10.2 Å². The van der Waals surface area contributed by atoms with Gasteiger partial charge in [-0.15, -0.1) is 0 Å². The Morgan fingerprint density at radius 3 is 2.75 bits per heavy atom. The number of hydrogen-bond donors (Lipinski definition) is 1. The Morgan fingerprint density at radius 2 is 2.00 bits per heavy atom. The minimum atomic E-state index is -0.119. The summed E-state index contributed by atoms with van der Waals surface area (Å²) in [6.45, 7) is 2.02. The van der Waals surface area contributed by atoms with E-state index in [0.29, 0.717) is 10.7 Å². The maximum absolute atomic E-state index is 12.2. The quantitative estimate of drug-likeness (QED) is 0.652. The monoisotopic (exact) mass is 394 g/mol. The van der Waals surface area contributed by atoms with Crippen LogP contribution in [-0.4, -0.2) is 10.9 Å².